The molecule has 1 aliphatic rings. The molecule has 1 fully saturated rings. The van der Waals surface area contributed by atoms with Crippen LogP contribution in [0.1, 0.15) is 53.9 Å². The maximum absolute atomic E-state index is 14.5. The van der Waals surface area contributed by atoms with Crippen molar-refractivity contribution in [2.24, 2.45) is 0 Å². The highest BCUT2D eigenvalue weighted by molar-refractivity contribution is 7.97. The summed E-state index contributed by atoms with van der Waals surface area (Å²) in [4.78, 5) is 0.410. The summed E-state index contributed by atoms with van der Waals surface area (Å²) in [6, 6.07) is 4.29. The van der Waals surface area contributed by atoms with E-state index in [0.717, 1.165) is 44.1 Å². The monoisotopic (exact) mass is 597 g/mol. The van der Waals surface area contributed by atoms with Gasteiger partial charge < -0.3 is 9.47 Å². The van der Waals surface area contributed by atoms with Gasteiger partial charge in [0.2, 0.25) is 0 Å². The molecule has 0 saturated carbocycles. The lowest BCUT2D eigenvalue weighted by molar-refractivity contribution is 0.370. The van der Waals surface area contributed by atoms with Gasteiger partial charge in [0.1, 0.15) is 11.6 Å². The number of allylic oxidation sites excluding steroid dienone is 3. The van der Waals surface area contributed by atoms with Crippen LogP contribution in [0.2, 0.25) is 5.02 Å². The third-order valence-corrected chi connectivity index (χ3v) is 6.63. The fourth-order valence-electron chi connectivity index (χ4n) is 2.70. The molecule has 0 aromatic heterocycles. The van der Waals surface area contributed by atoms with E-state index < -0.39 is 17.5 Å². The molecule has 0 radical (unpaired) electrons. The minimum absolute atomic E-state index is 0.0286. The van der Waals surface area contributed by atoms with E-state index in [9.17, 15) is 17.6 Å². The Morgan fingerprint density at radius 1 is 0.947 bits per heavy atom. The maximum atomic E-state index is 14.5. The van der Waals surface area contributed by atoms with Crippen molar-refractivity contribution in [3.8, 4) is 17.2 Å². The van der Waals surface area contributed by atoms with Crippen molar-refractivity contribution >= 4 is 35.1 Å². The highest BCUT2D eigenvalue weighted by Crippen LogP contribution is 2.40. The fraction of sp³-hybridized carbons (Fsp3) is 0.429. The standard InChI is InChI=1S/C18H17ClF3NO2S.C5H9Cl.C3H5F.C2H6/c1-24-16-10-18(26-23-5-3-2-4-6-23)14(22)9-17(16)25-15-8-13(21)12(20)7-11(15)19;1-3-5(2)4-6;1-2-3-4;1-2/h7-10H,2-6H2,1H3;3H,4H2,1-2H3;2-3H,1H3;1-2H3/b;5-3-;3-2+;. The van der Waals surface area contributed by atoms with E-state index in [0.29, 0.717) is 17.1 Å². The van der Waals surface area contributed by atoms with Crippen molar-refractivity contribution in [1.29, 1.82) is 0 Å². The number of hydrogen-bond donors (Lipinski definition) is 0. The molecule has 214 valence electrons. The largest absolute Gasteiger partial charge is 0.493 e. The first-order chi connectivity index (χ1) is 18.2. The fourth-order valence-corrected chi connectivity index (χ4v) is 4.07. The van der Waals surface area contributed by atoms with Crippen LogP contribution in [0.4, 0.5) is 17.6 Å². The van der Waals surface area contributed by atoms with E-state index >= 15 is 0 Å². The molecule has 0 aliphatic carbocycles. The zero-order valence-corrected chi connectivity index (χ0v) is 25.1. The molecule has 38 heavy (non-hydrogen) atoms. The molecule has 0 N–H and O–H groups in total. The average Bonchev–Trinajstić information content (AvgIpc) is 2.94. The highest BCUT2D eigenvalue weighted by atomic mass is 35.5. The van der Waals surface area contributed by atoms with Crippen LogP contribution < -0.4 is 9.47 Å². The second-order valence-electron chi connectivity index (χ2n) is 7.54. The SMILES string of the molecule is C/C=C(/C)CCl.C/C=C/F.CC.COc1cc(SN2CCCCC2)c(F)cc1Oc1cc(F)c(F)cc1Cl. The van der Waals surface area contributed by atoms with Crippen molar-refractivity contribution in [2.75, 3.05) is 26.1 Å². The molecule has 10 heteroatoms. The number of ether oxygens (including phenoxy) is 2. The molecule has 2 aromatic rings. The zero-order valence-electron chi connectivity index (χ0n) is 22.7. The molecule has 0 atom stereocenters. The van der Waals surface area contributed by atoms with Crippen molar-refractivity contribution in [1.82, 2.24) is 4.31 Å². The van der Waals surface area contributed by atoms with Gasteiger partial charge in [-0.3, -0.25) is 0 Å². The van der Waals surface area contributed by atoms with Gasteiger partial charge in [-0.1, -0.05) is 49.6 Å². The van der Waals surface area contributed by atoms with Gasteiger partial charge in [0.15, 0.2) is 23.1 Å². The van der Waals surface area contributed by atoms with E-state index in [2.05, 4.69) is 4.31 Å². The van der Waals surface area contributed by atoms with E-state index in [1.54, 1.807) is 6.92 Å². The van der Waals surface area contributed by atoms with E-state index in [1.165, 1.54) is 43.2 Å². The summed E-state index contributed by atoms with van der Waals surface area (Å²) in [7, 11) is 1.42. The Morgan fingerprint density at radius 3 is 1.97 bits per heavy atom. The van der Waals surface area contributed by atoms with Gasteiger partial charge in [-0.2, -0.15) is 0 Å². The van der Waals surface area contributed by atoms with Crippen LogP contribution in [0, 0.1) is 17.5 Å². The number of halogens is 6. The van der Waals surface area contributed by atoms with Crippen molar-refractivity contribution in [3.63, 3.8) is 0 Å². The Balaban J connectivity index is 0.000000964. The van der Waals surface area contributed by atoms with E-state index in [-0.39, 0.29) is 22.3 Å². The van der Waals surface area contributed by atoms with Crippen LogP contribution in [0.5, 0.6) is 17.2 Å². The first kappa shape index (κ1) is 36.1. The molecule has 0 unspecified atom stereocenters. The lowest BCUT2D eigenvalue weighted by atomic mass is 10.2. The summed E-state index contributed by atoms with van der Waals surface area (Å²) in [6.45, 7) is 11.4. The van der Waals surface area contributed by atoms with Gasteiger partial charge in [0.05, 0.1) is 23.4 Å². The van der Waals surface area contributed by atoms with Crippen LogP contribution in [0.15, 0.2) is 53.2 Å². The Kier molecular flexibility index (Phi) is 20.0. The minimum Gasteiger partial charge on any atom is -0.493 e. The van der Waals surface area contributed by atoms with Crippen LogP contribution in [0.25, 0.3) is 0 Å². The van der Waals surface area contributed by atoms with Gasteiger partial charge >= 0.3 is 0 Å². The van der Waals surface area contributed by atoms with Gasteiger partial charge in [0.25, 0.3) is 0 Å². The third kappa shape index (κ3) is 13.3. The molecule has 1 aliphatic heterocycles. The molecule has 1 saturated heterocycles. The molecule has 1 heterocycles. The number of piperidine rings is 1. The smallest absolute Gasteiger partial charge is 0.172 e. The van der Waals surface area contributed by atoms with Crippen LogP contribution in [-0.2, 0) is 0 Å². The third-order valence-electron chi connectivity index (χ3n) is 4.78. The van der Waals surface area contributed by atoms with Crippen molar-refractivity contribution in [2.45, 2.75) is 58.8 Å². The number of alkyl halides is 1. The first-order valence-electron chi connectivity index (χ1n) is 12.2. The van der Waals surface area contributed by atoms with Gasteiger partial charge in [-0.05, 0) is 51.6 Å². The summed E-state index contributed by atoms with van der Waals surface area (Å²) in [6.07, 6.45) is 7.20. The normalized spacial score (nSPS) is 13.4. The van der Waals surface area contributed by atoms with E-state index in [1.807, 2.05) is 33.8 Å². The quantitative estimate of drug-likeness (QED) is 0.108. The number of hydrogen-bond acceptors (Lipinski definition) is 4. The Morgan fingerprint density at radius 2 is 1.50 bits per heavy atom. The molecule has 0 amide bonds. The Hall–Kier alpha value is -1.87. The van der Waals surface area contributed by atoms with Crippen molar-refractivity contribution in [3.05, 3.63) is 70.8 Å². The average molecular weight is 599 g/mol. The predicted octanol–water partition coefficient (Wildman–Crippen LogP) is 10.8. The predicted molar refractivity (Wildman–Crippen MR) is 153 cm³/mol. The molecular formula is C28H37Cl2F4NO2S. The Labute approximate surface area is 238 Å². The second-order valence-corrected chi connectivity index (χ2v) is 9.35. The highest BCUT2D eigenvalue weighted by Gasteiger charge is 2.19. The summed E-state index contributed by atoms with van der Waals surface area (Å²) >= 11 is 12.6. The second kappa shape index (κ2) is 21.0. The summed E-state index contributed by atoms with van der Waals surface area (Å²) in [5, 5.41) is -0.127. The maximum Gasteiger partial charge on any atom is 0.172 e. The number of nitrogens with zero attached hydrogens (tertiary/aromatic N) is 1. The Bertz CT molecular complexity index is 1010. The zero-order chi connectivity index (χ0) is 29.1. The van der Waals surface area contributed by atoms with E-state index in [4.69, 9.17) is 32.7 Å². The molecule has 2 aromatic carbocycles. The summed E-state index contributed by atoms with van der Waals surface area (Å²) in [5.74, 6) is -1.85. The lowest BCUT2D eigenvalue weighted by Crippen LogP contribution is -2.22. The minimum atomic E-state index is -1.11. The molecule has 0 bridgehead atoms. The van der Waals surface area contributed by atoms with Gasteiger partial charge in [0, 0.05) is 37.2 Å². The van der Waals surface area contributed by atoms with Gasteiger partial charge in [-0.25, -0.2) is 21.9 Å². The van der Waals surface area contributed by atoms with Crippen LogP contribution >= 0.6 is 35.1 Å². The van der Waals surface area contributed by atoms with Crippen LogP contribution in [-0.4, -0.2) is 30.4 Å². The summed E-state index contributed by atoms with van der Waals surface area (Å²) < 4.78 is 64.5. The van der Waals surface area contributed by atoms with Gasteiger partial charge in [-0.15, -0.1) is 11.6 Å². The van der Waals surface area contributed by atoms with Crippen molar-refractivity contribution < 1.29 is 27.0 Å². The first-order valence-corrected chi connectivity index (χ1v) is 13.9. The molecule has 0 spiro atoms. The topological polar surface area (TPSA) is 21.7 Å². The molecular weight excluding hydrogens is 561 g/mol. The number of methoxy groups -OCH3 is 1. The van der Waals surface area contributed by atoms with Crippen LogP contribution in [0.3, 0.4) is 0 Å². The summed E-state index contributed by atoms with van der Waals surface area (Å²) in [5.41, 5.74) is 1.23. The lowest BCUT2D eigenvalue weighted by Gasteiger charge is -2.25. The number of rotatable bonds is 6. The number of benzene rings is 2. The molecule has 3 rings (SSSR count). The molecule has 3 nitrogen and oxygen atoms in total.